The zero-order valence-electron chi connectivity index (χ0n) is 13.0. The van der Waals surface area contributed by atoms with Crippen LogP contribution in [0.4, 0.5) is 5.69 Å². The summed E-state index contributed by atoms with van der Waals surface area (Å²) in [6, 6.07) is 8.27. The highest BCUT2D eigenvalue weighted by Crippen LogP contribution is 2.21. The molecule has 128 valence electrons. The topological polar surface area (TPSA) is 35.6 Å². The summed E-state index contributed by atoms with van der Waals surface area (Å²) in [7, 11) is 0. The summed E-state index contributed by atoms with van der Waals surface area (Å²) < 4.78 is 0. The third kappa shape index (κ3) is 5.18. The first-order chi connectivity index (χ1) is 10.7. The molecule has 2 fully saturated rings. The maximum absolute atomic E-state index is 12.4. The average Bonchev–Trinajstić information content (AvgIpc) is 2.56. The van der Waals surface area contributed by atoms with E-state index in [2.05, 4.69) is 16.3 Å². The van der Waals surface area contributed by atoms with Crippen LogP contribution in [0, 0.1) is 0 Å². The minimum absolute atomic E-state index is 0. The molecule has 2 heterocycles. The van der Waals surface area contributed by atoms with E-state index in [1.807, 2.05) is 34.9 Å². The Morgan fingerprint density at radius 3 is 2.74 bits per heavy atom. The predicted molar refractivity (Wildman–Crippen MR) is 101 cm³/mol. The van der Waals surface area contributed by atoms with Crippen molar-refractivity contribution in [2.24, 2.45) is 0 Å². The zero-order chi connectivity index (χ0) is 15.4. The number of carbonyl (C=O) groups excluding carboxylic acids is 1. The van der Waals surface area contributed by atoms with Crippen molar-refractivity contribution in [2.45, 2.75) is 12.5 Å². The number of hydrogen-bond acceptors (Lipinski definition) is 4. The second-order valence-corrected chi connectivity index (χ2v) is 7.36. The van der Waals surface area contributed by atoms with Gasteiger partial charge in [0.2, 0.25) is 5.91 Å². The zero-order valence-corrected chi connectivity index (χ0v) is 15.4. The van der Waals surface area contributed by atoms with Gasteiger partial charge in [-0.05, 0) is 18.2 Å². The molecule has 0 bridgehead atoms. The molecule has 1 N–H and O–H groups in total. The molecule has 2 aliphatic rings. The molecule has 2 aliphatic heterocycles. The van der Waals surface area contributed by atoms with Crippen LogP contribution < -0.4 is 10.2 Å². The van der Waals surface area contributed by atoms with Gasteiger partial charge in [0.05, 0.1) is 0 Å². The van der Waals surface area contributed by atoms with E-state index in [-0.39, 0.29) is 18.3 Å². The fraction of sp³-hybridized carbons (Fsp3) is 0.562. The number of amides is 1. The minimum Gasteiger partial charge on any atom is -0.368 e. The molecular formula is C16H23Cl2N3OS. The normalized spacial score (nSPS) is 21.7. The summed E-state index contributed by atoms with van der Waals surface area (Å²) in [5.41, 5.74) is 1.14. The number of piperazine rings is 1. The van der Waals surface area contributed by atoms with Gasteiger partial charge >= 0.3 is 0 Å². The van der Waals surface area contributed by atoms with E-state index in [0.29, 0.717) is 12.5 Å². The fourth-order valence-corrected chi connectivity index (χ4v) is 4.11. The maximum Gasteiger partial charge on any atom is 0.224 e. The Hall–Kier alpha value is -0.620. The van der Waals surface area contributed by atoms with E-state index < -0.39 is 0 Å². The largest absolute Gasteiger partial charge is 0.368 e. The van der Waals surface area contributed by atoms with Crippen LogP contribution in [0.1, 0.15) is 6.42 Å². The van der Waals surface area contributed by atoms with E-state index >= 15 is 0 Å². The van der Waals surface area contributed by atoms with Crippen molar-refractivity contribution in [1.29, 1.82) is 0 Å². The Balaban J connectivity index is 0.00000192. The van der Waals surface area contributed by atoms with E-state index in [0.717, 1.165) is 54.9 Å². The van der Waals surface area contributed by atoms with Gasteiger partial charge in [-0.15, -0.1) is 12.4 Å². The first-order valence-electron chi connectivity index (χ1n) is 7.82. The molecule has 1 aromatic carbocycles. The van der Waals surface area contributed by atoms with Crippen molar-refractivity contribution in [2.75, 3.05) is 49.1 Å². The van der Waals surface area contributed by atoms with Crippen LogP contribution in [-0.4, -0.2) is 61.1 Å². The molecule has 0 aliphatic carbocycles. The van der Waals surface area contributed by atoms with Gasteiger partial charge in [-0.25, -0.2) is 0 Å². The Bertz CT molecular complexity index is 518. The average molecular weight is 376 g/mol. The standard InChI is InChI=1S/C16H22ClN3OS.ClH/c17-13-2-1-3-15(10-13)19-5-7-20(8-6-19)16(21)11-14-12-22-9-4-18-14;/h1-3,10,14,18H,4-9,11-12H2;1H. The van der Waals surface area contributed by atoms with Crippen molar-refractivity contribution in [3.8, 4) is 0 Å². The maximum atomic E-state index is 12.4. The van der Waals surface area contributed by atoms with Crippen molar-refractivity contribution in [3.05, 3.63) is 29.3 Å². The fourth-order valence-electron chi connectivity index (χ4n) is 2.98. The van der Waals surface area contributed by atoms with Gasteiger partial charge in [-0.2, -0.15) is 11.8 Å². The molecule has 23 heavy (non-hydrogen) atoms. The predicted octanol–water partition coefficient (Wildman–Crippen LogP) is 2.51. The summed E-state index contributed by atoms with van der Waals surface area (Å²) in [4.78, 5) is 16.7. The number of halogens is 2. The van der Waals surface area contributed by atoms with Crippen LogP contribution in [-0.2, 0) is 4.79 Å². The van der Waals surface area contributed by atoms with Gasteiger partial charge in [0.25, 0.3) is 0 Å². The Labute approximate surface area is 153 Å². The van der Waals surface area contributed by atoms with Crippen LogP contribution in [0.25, 0.3) is 0 Å². The lowest BCUT2D eigenvalue weighted by Crippen LogP contribution is -2.50. The molecule has 0 saturated carbocycles. The summed E-state index contributed by atoms with van der Waals surface area (Å²) in [5, 5.41) is 4.20. The smallest absolute Gasteiger partial charge is 0.224 e. The highest BCUT2D eigenvalue weighted by atomic mass is 35.5. The summed E-state index contributed by atoms with van der Waals surface area (Å²) in [5.74, 6) is 2.49. The monoisotopic (exact) mass is 375 g/mol. The summed E-state index contributed by atoms with van der Waals surface area (Å²) in [6.07, 6.45) is 0.629. The van der Waals surface area contributed by atoms with Crippen LogP contribution in [0.15, 0.2) is 24.3 Å². The van der Waals surface area contributed by atoms with Gasteiger partial charge in [-0.1, -0.05) is 17.7 Å². The third-order valence-electron chi connectivity index (χ3n) is 4.23. The van der Waals surface area contributed by atoms with E-state index in [1.165, 1.54) is 0 Å². The number of carbonyl (C=O) groups is 1. The van der Waals surface area contributed by atoms with Gasteiger partial charge in [0.1, 0.15) is 0 Å². The molecule has 2 saturated heterocycles. The van der Waals surface area contributed by atoms with Crippen molar-refractivity contribution < 1.29 is 4.79 Å². The van der Waals surface area contributed by atoms with E-state index in [4.69, 9.17) is 11.6 Å². The Morgan fingerprint density at radius 1 is 1.30 bits per heavy atom. The number of nitrogens with one attached hydrogen (secondary N) is 1. The van der Waals surface area contributed by atoms with Gasteiger partial charge < -0.3 is 15.1 Å². The number of anilines is 1. The third-order valence-corrected chi connectivity index (χ3v) is 5.59. The van der Waals surface area contributed by atoms with Crippen molar-refractivity contribution in [3.63, 3.8) is 0 Å². The van der Waals surface area contributed by atoms with Gasteiger partial charge in [0.15, 0.2) is 0 Å². The van der Waals surface area contributed by atoms with E-state index in [1.54, 1.807) is 0 Å². The lowest BCUT2D eigenvalue weighted by atomic mass is 10.2. The number of hydrogen-bond donors (Lipinski definition) is 1. The minimum atomic E-state index is 0. The Morgan fingerprint density at radius 2 is 2.09 bits per heavy atom. The number of nitrogens with zero attached hydrogens (tertiary/aromatic N) is 2. The van der Waals surface area contributed by atoms with Crippen LogP contribution in [0.2, 0.25) is 5.02 Å². The van der Waals surface area contributed by atoms with Gasteiger partial charge in [0, 0.05) is 67.4 Å². The lowest BCUT2D eigenvalue weighted by Gasteiger charge is -2.37. The van der Waals surface area contributed by atoms with E-state index in [9.17, 15) is 4.79 Å². The van der Waals surface area contributed by atoms with Crippen LogP contribution in [0.3, 0.4) is 0 Å². The molecule has 7 heteroatoms. The van der Waals surface area contributed by atoms with Crippen LogP contribution in [0.5, 0.6) is 0 Å². The first-order valence-corrected chi connectivity index (χ1v) is 9.35. The molecule has 1 aromatic rings. The lowest BCUT2D eigenvalue weighted by molar-refractivity contribution is -0.131. The summed E-state index contributed by atoms with van der Waals surface area (Å²) >= 11 is 7.99. The first kappa shape index (κ1) is 18.7. The molecule has 0 spiro atoms. The highest BCUT2D eigenvalue weighted by molar-refractivity contribution is 7.99. The van der Waals surface area contributed by atoms with Gasteiger partial charge in [-0.3, -0.25) is 4.79 Å². The summed E-state index contributed by atoms with van der Waals surface area (Å²) in [6.45, 7) is 4.36. The molecule has 1 amide bonds. The SMILES string of the molecule is Cl.O=C(CC1CSCCN1)N1CCN(c2cccc(Cl)c2)CC1. The second kappa shape index (κ2) is 9.02. The molecule has 1 unspecified atom stereocenters. The number of thioether (sulfide) groups is 1. The Kier molecular flexibility index (Phi) is 7.34. The van der Waals surface area contributed by atoms with Crippen molar-refractivity contribution in [1.82, 2.24) is 10.2 Å². The van der Waals surface area contributed by atoms with Crippen LogP contribution >= 0.6 is 35.8 Å². The molecular weight excluding hydrogens is 353 g/mol. The second-order valence-electron chi connectivity index (χ2n) is 5.78. The molecule has 3 rings (SSSR count). The number of rotatable bonds is 3. The quantitative estimate of drug-likeness (QED) is 0.880. The van der Waals surface area contributed by atoms with Crippen molar-refractivity contribution >= 4 is 47.4 Å². The number of benzene rings is 1. The molecule has 1 atom stereocenters. The molecule has 4 nitrogen and oxygen atoms in total. The molecule has 0 radical (unpaired) electrons. The highest BCUT2D eigenvalue weighted by Gasteiger charge is 2.24. The molecule has 0 aromatic heterocycles.